The maximum absolute atomic E-state index is 14.0. The van der Waals surface area contributed by atoms with Crippen molar-refractivity contribution in [3.05, 3.63) is 47.5 Å². The van der Waals surface area contributed by atoms with Crippen LogP contribution < -0.4 is 9.80 Å². The van der Waals surface area contributed by atoms with Gasteiger partial charge in [0, 0.05) is 57.4 Å². The van der Waals surface area contributed by atoms with Crippen LogP contribution >= 0.6 is 0 Å². The monoisotopic (exact) mass is 369 g/mol. The molecule has 6 heteroatoms. The average molecular weight is 369 g/mol. The summed E-state index contributed by atoms with van der Waals surface area (Å²) in [5.74, 6) is 0.674. The summed E-state index contributed by atoms with van der Waals surface area (Å²) in [7, 11) is 0. The number of halogens is 1. The van der Waals surface area contributed by atoms with Crippen LogP contribution in [0.3, 0.4) is 0 Å². The molecule has 144 valence electrons. The standard InChI is InChI=1S/C21H28FN5/c1-2-3-9-25-10-8-19-17(16-25)15-23-21(24-19)27-13-11-26(12-14-27)20-7-5-4-6-18(20)22/h4-7,15H,2-3,8-14,16H2,1H3. The van der Waals surface area contributed by atoms with Crippen molar-refractivity contribution in [2.45, 2.75) is 32.7 Å². The molecule has 0 atom stereocenters. The number of aromatic nitrogens is 2. The molecule has 4 rings (SSSR count). The van der Waals surface area contributed by atoms with Gasteiger partial charge in [0.25, 0.3) is 0 Å². The second kappa shape index (κ2) is 8.21. The third kappa shape index (κ3) is 4.05. The number of piperazine rings is 1. The molecule has 1 aromatic heterocycles. The highest BCUT2D eigenvalue weighted by molar-refractivity contribution is 5.49. The van der Waals surface area contributed by atoms with Gasteiger partial charge in [-0.05, 0) is 25.1 Å². The molecule has 3 heterocycles. The molecular formula is C21H28FN5. The fraction of sp³-hybridized carbons (Fsp3) is 0.524. The lowest BCUT2D eigenvalue weighted by atomic mass is 10.1. The molecule has 5 nitrogen and oxygen atoms in total. The minimum absolute atomic E-state index is 0.149. The molecule has 27 heavy (non-hydrogen) atoms. The summed E-state index contributed by atoms with van der Waals surface area (Å²) in [4.78, 5) is 16.3. The number of hydrogen-bond donors (Lipinski definition) is 0. The van der Waals surface area contributed by atoms with Gasteiger partial charge in [-0.15, -0.1) is 0 Å². The summed E-state index contributed by atoms with van der Waals surface area (Å²) in [5, 5.41) is 0. The Balaban J connectivity index is 1.39. The molecule has 2 aliphatic heterocycles. The zero-order chi connectivity index (χ0) is 18.6. The van der Waals surface area contributed by atoms with Crippen LogP contribution in [0.1, 0.15) is 31.0 Å². The Morgan fingerprint density at radius 3 is 2.59 bits per heavy atom. The van der Waals surface area contributed by atoms with Crippen LogP contribution in [0.5, 0.6) is 0 Å². The highest BCUT2D eigenvalue weighted by Crippen LogP contribution is 2.23. The minimum Gasteiger partial charge on any atom is -0.366 e. The predicted molar refractivity (Wildman–Crippen MR) is 107 cm³/mol. The van der Waals surface area contributed by atoms with Crippen molar-refractivity contribution >= 4 is 11.6 Å². The van der Waals surface area contributed by atoms with Gasteiger partial charge in [0.05, 0.1) is 11.4 Å². The normalized spacial score (nSPS) is 17.9. The molecule has 0 unspecified atom stereocenters. The summed E-state index contributed by atoms with van der Waals surface area (Å²) in [6, 6.07) is 7.00. The van der Waals surface area contributed by atoms with E-state index in [1.165, 1.54) is 30.2 Å². The van der Waals surface area contributed by atoms with Crippen LogP contribution in [0.2, 0.25) is 0 Å². The quantitative estimate of drug-likeness (QED) is 0.809. The number of nitrogens with zero attached hydrogens (tertiary/aromatic N) is 5. The first-order chi connectivity index (χ1) is 13.2. The van der Waals surface area contributed by atoms with Crippen molar-refractivity contribution in [3.63, 3.8) is 0 Å². The molecule has 1 aromatic carbocycles. The molecule has 0 aliphatic carbocycles. The Bertz CT molecular complexity index is 773. The van der Waals surface area contributed by atoms with Gasteiger partial charge in [0.2, 0.25) is 5.95 Å². The molecule has 0 N–H and O–H groups in total. The Kier molecular flexibility index (Phi) is 5.53. The van der Waals surface area contributed by atoms with Gasteiger partial charge in [-0.2, -0.15) is 0 Å². The van der Waals surface area contributed by atoms with Crippen molar-refractivity contribution in [1.29, 1.82) is 0 Å². The molecule has 2 aliphatic rings. The smallest absolute Gasteiger partial charge is 0.225 e. The lowest BCUT2D eigenvalue weighted by molar-refractivity contribution is 0.247. The van der Waals surface area contributed by atoms with E-state index >= 15 is 0 Å². The number of rotatable bonds is 5. The topological polar surface area (TPSA) is 35.5 Å². The summed E-state index contributed by atoms with van der Waals surface area (Å²) >= 11 is 0. The van der Waals surface area contributed by atoms with Gasteiger partial charge in [0.1, 0.15) is 5.82 Å². The van der Waals surface area contributed by atoms with Crippen LogP contribution in [0.15, 0.2) is 30.5 Å². The molecular weight excluding hydrogens is 341 g/mol. The number of hydrogen-bond acceptors (Lipinski definition) is 5. The Hall–Kier alpha value is -2.21. The first-order valence-electron chi connectivity index (χ1n) is 10.1. The van der Waals surface area contributed by atoms with E-state index in [-0.39, 0.29) is 5.82 Å². The van der Waals surface area contributed by atoms with E-state index in [2.05, 4.69) is 26.6 Å². The van der Waals surface area contributed by atoms with Crippen molar-refractivity contribution in [2.75, 3.05) is 49.1 Å². The lowest BCUT2D eigenvalue weighted by Gasteiger charge is -2.36. The second-order valence-corrected chi connectivity index (χ2v) is 7.45. The number of benzene rings is 1. The van der Waals surface area contributed by atoms with Crippen molar-refractivity contribution in [1.82, 2.24) is 14.9 Å². The van der Waals surface area contributed by atoms with Crippen LogP contribution in [0.4, 0.5) is 16.0 Å². The summed E-state index contributed by atoms with van der Waals surface area (Å²) in [6.07, 6.45) is 5.50. The molecule has 2 aromatic rings. The van der Waals surface area contributed by atoms with Crippen molar-refractivity contribution in [2.24, 2.45) is 0 Å². The molecule has 1 saturated heterocycles. The Morgan fingerprint density at radius 1 is 1.04 bits per heavy atom. The minimum atomic E-state index is -0.149. The molecule has 0 radical (unpaired) electrons. The molecule has 1 fully saturated rings. The van der Waals surface area contributed by atoms with Gasteiger partial charge >= 0.3 is 0 Å². The fourth-order valence-electron chi connectivity index (χ4n) is 3.94. The van der Waals surface area contributed by atoms with Crippen LogP contribution in [-0.4, -0.2) is 54.1 Å². The summed E-state index contributed by atoms with van der Waals surface area (Å²) in [5.41, 5.74) is 3.16. The summed E-state index contributed by atoms with van der Waals surface area (Å²) < 4.78 is 14.0. The molecule has 0 saturated carbocycles. The second-order valence-electron chi connectivity index (χ2n) is 7.45. The number of fused-ring (bicyclic) bond motifs is 1. The van der Waals surface area contributed by atoms with Gasteiger partial charge in [-0.3, -0.25) is 4.90 Å². The first kappa shape index (κ1) is 18.2. The van der Waals surface area contributed by atoms with Crippen LogP contribution in [0.25, 0.3) is 0 Å². The van der Waals surface area contributed by atoms with Gasteiger partial charge in [-0.1, -0.05) is 25.5 Å². The molecule has 0 bridgehead atoms. The fourth-order valence-corrected chi connectivity index (χ4v) is 3.94. The van der Waals surface area contributed by atoms with Gasteiger partial charge < -0.3 is 9.80 Å². The van der Waals surface area contributed by atoms with Gasteiger partial charge in [0.15, 0.2) is 0 Å². The van der Waals surface area contributed by atoms with E-state index in [0.717, 1.165) is 58.2 Å². The molecule has 0 spiro atoms. The molecule has 0 amide bonds. The zero-order valence-electron chi connectivity index (χ0n) is 16.1. The van der Waals surface area contributed by atoms with Crippen molar-refractivity contribution < 1.29 is 4.39 Å². The number of anilines is 2. The van der Waals surface area contributed by atoms with E-state index in [9.17, 15) is 4.39 Å². The third-order valence-corrected chi connectivity index (χ3v) is 5.58. The van der Waals surface area contributed by atoms with E-state index in [0.29, 0.717) is 5.69 Å². The van der Waals surface area contributed by atoms with Crippen molar-refractivity contribution in [3.8, 4) is 0 Å². The maximum atomic E-state index is 14.0. The summed E-state index contributed by atoms with van der Waals surface area (Å²) in [6.45, 7) is 8.65. The van der Waals surface area contributed by atoms with E-state index < -0.39 is 0 Å². The van der Waals surface area contributed by atoms with Crippen LogP contribution in [0, 0.1) is 5.82 Å². The largest absolute Gasteiger partial charge is 0.366 e. The van der Waals surface area contributed by atoms with Gasteiger partial charge in [-0.25, -0.2) is 14.4 Å². The van der Waals surface area contributed by atoms with Crippen LogP contribution in [-0.2, 0) is 13.0 Å². The van der Waals surface area contributed by atoms with E-state index in [4.69, 9.17) is 4.98 Å². The first-order valence-corrected chi connectivity index (χ1v) is 10.1. The average Bonchev–Trinajstić information content (AvgIpc) is 2.72. The Labute approximate surface area is 160 Å². The Morgan fingerprint density at radius 2 is 1.81 bits per heavy atom. The predicted octanol–water partition coefficient (Wildman–Crippen LogP) is 3.10. The van der Waals surface area contributed by atoms with E-state index in [1.54, 1.807) is 6.07 Å². The SMILES string of the molecule is CCCCN1CCc2nc(N3CCN(c4ccccc4F)CC3)ncc2C1. The third-order valence-electron chi connectivity index (χ3n) is 5.58. The maximum Gasteiger partial charge on any atom is 0.225 e. The lowest BCUT2D eigenvalue weighted by Crippen LogP contribution is -2.47. The number of unbranched alkanes of at least 4 members (excludes halogenated alkanes) is 1. The highest BCUT2D eigenvalue weighted by atomic mass is 19.1. The zero-order valence-corrected chi connectivity index (χ0v) is 16.1. The highest BCUT2D eigenvalue weighted by Gasteiger charge is 2.23. The number of para-hydroxylation sites is 1. The van der Waals surface area contributed by atoms with E-state index in [1.807, 2.05) is 18.3 Å².